The Balaban J connectivity index is 2.23. The van der Waals surface area contributed by atoms with Crippen molar-refractivity contribution >= 4 is 12.0 Å². The lowest BCUT2D eigenvalue weighted by atomic mass is 9.99. The average molecular weight is 214 g/mol. The normalized spacial score (nSPS) is 18.5. The zero-order chi connectivity index (χ0) is 11.3. The van der Waals surface area contributed by atoms with E-state index in [1.54, 1.807) is 0 Å². The Kier molecular flexibility index (Phi) is 4.55. The number of methoxy groups -OCH3 is 1. The van der Waals surface area contributed by atoms with Crippen molar-refractivity contribution in [3.63, 3.8) is 0 Å². The summed E-state index contributed by atoms with van der Waals surface area (Å²) in [6, 6.07) is 0. The molecule has 1 saturated heterocycles. The van der Waals surface area contributed by atoms with Gasteiger partial charge in [-0.15, -0.1) is 0 Å². The van der Waals surface area contributed by atoms with Crippen LogP contribution < -0.4 is 5.32 Å². The molecule has 0 bridgehead atoms. The average Bonchev–Trinajstić information content (AvgIpc) is 2.21. The van der Waals surface area contributed by atoms with Crippen LogP contribution in [0.2, 0.25) is 0 Å². The van der Waals surface area contributed by atoms with Crippen molar-refractivity contribution in [2.45, 2.75) is 19.8 Å². The van der Waals surface area contributed by atoms with E-state index in [1.165, 1.54) is 7.11 Å². The summed E-state index contributed by atoms with van der Waals surface area (Å²) >= 11 is 0. The fourth-order valence-electron chi connectivity index (χ4n) is 1.63. The van der Waals surface area contributed by atoms with Crippen molar-refractivity contribution in [1.29, 1.82) is 0 Å². The zero-order valence-electron chi connectivity index (χ0n) is 9.28. The number of likely N-dealkylation sites (tertiary alicyclic amines) is 1. The van der Waals surface area contributed by atoms with Gasteiger partial charge in [-0.25, -0.2) is 4.79 Å². The summed E-state index contributed by atoms with van der Waals surface area (Å²) < 4.78 is 4.34. The van der Waals surface area contributed by atoms with Crippen LogP contribution in [0.1, 0.15) is 19.8 Å². The molecule has 2 amide bonds. The van der Waals surface area contributed by atoms with Gasteiger partial charge in [0.15, 0.2) is 0 Å². The Bertz CT molecular complexity index is 235. The highest BCUT2D eigenvalue weighted by Crippen LogP contribution is 2.15. The van der Waals surface area contributed by atoms with Gasteiger partial charge in [0, 0.05) is 0 Å². The molecule has 15 heavy (non-hydrogen) atoms. The molecule has 0 aromatic carbocycles. The number of amides is 2. The van der Waals surface area contributed by atoms with E-state index in [-0.39, 0.29) is 12.5 Å². The molecule has 0 spiro atoms. The Labute approximate surface area is 89.8 Å². The van der Waals surface area contributed by atoms with Gasteiger partial charge < -0.3 is 4.74 Å². The predicted molar refractivity (Wildman–Crippen MR) is 55.4 cm³/mol. The molecule has 0 unspecified atom stereocenters. The van der Waals surface area contributed by atoms with E-state index in [0.29, 0.717) is 0 Å². The van der Waals surface area contributed by atoms with Gasteiger partial charge in [-0.3, -0.25) is 15.0 Å². The molecule has 0 aliphatic carbocycles. The number of hydrogen-bond acceptors (Lipinski definition) is 4. The number of nitrogens with one attached hydrogen (secondary N) is 1. The molecule has 1 aliphatic rings. The molecule has 5 heteroatoms. The van der Waals surface area contributed by atoms with Gasteiger partial charge in [0.25, 0.3) is 0 Å². The molecule has 1 aliphatic heterocycles. The molecule has 0 aromatic rings. The number of imide groups is 1. The minimum absolute atomic E-state index is 0.280. The lowest BCUT2D eigenvalue weighted by molar-refractivity contribution is -0.121. The van der Waals surface area contributed by atoms with Crippen molar-refractivity contribution in [2.24, 2.45) is 5.92 Å². The largest absolute Gasteiger partial charge is 0.453 e. The third-order valence-corrected chi connectivity index (χ3v) is 2.67. The predicted octanol–water partition coefficient (Wildman–Crippen LogP) is 0.601. The van der Waals surface area contributed by atoms with Crippen LogP contribution in [0.4, 0.5) is 4.79 Å². The maximum absolute atomic E-state index is 11.3. The molecule has 86 valence electrons. The Morgan fingerprint density at radius 2 is 2.00 bits per heavy atom. The zero-order valence-corrected chi connectivity index (χ0v) is 9.28. The van der Waals surface area contributed by atoms with Gasteiger partial charge >= 0.3 is 6.09 Å². The maximum Gasteiger partial charge on any atom is 0.413 e. The number of rotatable bonds is 2. The van der Waals surface area contributed by atoms with Gasteiger partial charge in [0.1, 0.15) is 0 Å². The third-order valence-electron chi connectivity index (χ3n) is 2.67. The van der Waals surface area contributed by atoms with E-state index in [0.717, 1.165) is 31.8 Å². The van der Waals surface area contributed by atoms with E-state index in [2.05, 4.69) is 21.9 Å². The van der Waals surface area contributed by atoms with Crippen LogP contribution in [0.15, 0.2) is 0 Å². The summed E-state index contributed by atoms with van der Waals surface area (Å²) in [6.45, 7) is 4.35. The standard InChI is InChI=1S/C10H18N2O3/c1-8-3-5-12(6-4-8)7-9(13)11-10(14)15-2/h8H,3-7H2,1-2H3,(H,11,13,14). The molecule has 1 fully saturated rings. The molecule has 5 nitrogen and oxygen atoms in total. The summed E-state index contributed by atoms with van der Waals surface area (Å²) in [5, 5.41) is 2.15. The number of carbonyl (C=O) groups is 2. The van der Waals surface area contributed by atoms with E-state index in [4.69, 9.17) is 0 Å². The molecular formula is C10H18N2O3. The Morgan fingerprint density at radius 1 is 1.40 bits per heavy atom. The topological polar surface area (TPSA) is 58.6 Å². The van der Waals surface area contributed by atoms with Crippen molar-refractivity contribution in [3.8, 4) is 0 Å². The molecule has 0 radical (unpaired) electrons. The van der Waals surface area contributed by atoms with Crippen LogP contribution in [0.3, 0.4) is 0 Å². The SMILES string of the molecule is COC(=O)NC(=O)CN1CCC(C)CC1. The van der Waals surface area contributed by atoms with Crippen LogP contribution in [-0.4, -0.2) is 43.6 Å². The molecule has 0 aromatic heterocycles. The van der Waals surface area contributed by atoms with Gasteiger partial charge in [-0.05, 0) is 31.8 Å². The first kappa shape index (κ1) is 12.0. The highest BCUT2D eigenvalue weighted by atomic mass is 16.5. The van der Waals surface area contributed by atoms with E-state index in [9.17, 15) is 9.59 Å². The fourth-order valence-corrected chi connectivity index (χ4v) is 1.63. The Morgan fingerprint density at radius 3 is 2.53 bits per heavy atom. The quantitative estimate of drug-likeness (QED) is 0.731. The second-order valence-corrected chi connectivity index (χ2v) is 4.00. The van der Waals surface area contributed by atoms with E-state index >= 15 is 0 Å². The second kappa shape index (κ2) is 5.70. The summed E-state index contributed by atoms with van der Waals surface area (Å²) in [5.41, 5.74) is 0. The molecule has 1 heterocycles. The highest BCUT2D eigenvalue weighted by Gasteiger charge is 2.18. The summed E-state index contributed by atoms with van der Waals surface area (Å²) in [7, 11) is 1.24. The van der Waals surface area contributed by atoms with Crippen molar-refractivity contribution in [1.82, 2.24) is 10.2 Å². The van der Waals surface area contributed by atoms with Crippen LogP contribution >= 0.6 is 0 Å². The third kappa shape index (κ3) is 4.29. The summed E-state index contributed by atoms with van der Waals surface area (Å²) in [5.74, 6) is 0.446. The fraction of sp³-hybridized carbons (Fsp3) is 0.800. The van der Waals surface area contributed by atoms with E-state index in [1.807, 2.05) is 0 Å². The number of carbonyl (C=O) groups excluding carboxylic acids is 2. The molecule has 1 rings (SSSR count). The molecular weight excluding hydrogens is 196 g/mol. The second-order valence-electron chi connectivity index (χ2n) is 4.00. The minimum Gasteiger partial charge on any atom is -0.453 e. The molecule has 0 atom stereocenters. The van der Waals surface area contributed by atoms with E-state index < -0.39 is 6.09 Å². The van der Waals surface area contributed by atoms with Crippen molar-refractivity contribution < 1.29 is 14.3 Å². The lowest BCUT2D eigenvalue weighted by Crippen LogP contribution is -2.42. The summed E-state index contributed by atoms with van der Waals surface area (Å²) in [4.78, 5) is 24.1. The van der Waals surface area contributed by atoms with Crippen LogP contribution in [0.5, 0.6) is 0 Å². The van der Waals surface area contributed by atoms with Crippen LogP contribution in [0, 0.1) is 5.92 Å². The smallest absolute Gasteiger partial charge is 0.413 e. The van der Waals surface area contributed by atoms with Gasteiger partial charge in [0.2, 0.25) is 5.91 Å². The Hall–Kier alpha value is -1.10. The van der Waals surface area contributed by atoms with Crippen molar-refractivity contribution in [2.75, 3.05) is 26.7 Å². The number of alkyl carbamates (subject to hydrolysis) is 1. The monoisotopic (exact) mass is 214 g/mol. The van der Waals surface area contributed by atoms with Crippen LogP contribution in [0.25, 0.3) is 0 Å². The molecule has 0 saturated carbocycles. The van der Waals surface area contributed by atoms with Gasteiger partial charge in [-0.2, -0.15) is 0 Å². The lowest BCUT2D eigenvalue weighted by Gasteiger charge is -2.29. The highest BCUT2D eigenvalue weighted by molar-refractivity contribution is 5.92. The van der Waals surface area contributed by atoms with Gasteiger partial charge in [-0.1, -0.05) is 6.92 Å². The summed E-state index contributed by atoms with van der Waals surface area (Å²) in [6.07, 6.45) is 1.54. The first-order valence-electron chi connectivity index (χ1n) is 5.22. The maximum atomic E-state index is 11.3. The molecule has 1 N–H and O–H groups in total. The first-order chi connectivity index (χ1) is 7.11. The first-order valence-corrected chi connectivity index (χ1v) is 5.22. The van der Waals surface area contributed by atoms with Crippen LogP contribution in [-0.2, 0) is 9.53 Å². The number of hydrogen-bond donors (Lipinski definition) is 1. The number of piperidine rings is 1. The number of nitrogens with zero attached hydrogens (tertiary/aromatic N) is 1. The number of ether oxygens (including phenoxy) is 1. The minimum atomic E-state index is -0.689. The van der Waals surface area contributed by atoms with Crippen molar-refractivity contribution in [3.05, 3.63) is 0 Å². The van der Waals surface area contributed by atoms with Gasteiger partial charge in [0.05, 0.1) is 13.7 Å².